The van der Waals surface area contributed by atoms with Crippen molar-refractivity contribution in [1.82, 2.24) is 5.32 Å². The number of amides is 1. The molecule has 3 N–H and O–H groups in total. The lowest BCUT2D eigenvalue weighted by atomic mass is 9.83. The number of nitrogens with two attached hydrogens (primary N) is 1. The summed E-state index contributed by atoms with van der Waals surface area (Å²) in [6.45, 7) is 6.46. The van der Waals surface area contributed by atoms with Gasteiger partial charge >= 0.3 is 0 Å². The first-order valence-electron chi connectivity index (χ1n) is 7.14. The molecular formula is C14H29ClN2O. The Kier molecular flexibility index (Phi) is 7.88. The van der Waals surface area contributed by atoms with Gasteiger partial charge in [0, 0.05) is 17.5 Å². The van der Waals surface area contributed by atoms with Crippen molar-refractivity contribution in [1.29, 1.82) is 0 Å². The quantitative estimate of drug-likeness (QED) is 0.811. The Balaban J connectivity index is 0.00000289. The van der Waals surface area contributed by atoms with E-state index in [1.165, 1.54) is 0 Å². The zero-order valence-corrected chi connectivity index (χ0v) is 12.8. The molecule has 1 aliphatic rings. The van der Waals surface area contributed by atoms with Gasteiger partial charge in [-0.25, -0.2) is 0 Å². The minimum absolute atomic E-state index is 0. The Morgan fingerprint density at radius 1 is 1.22 bits per heavy atom. The van der Waals surface area contributed by atoms with Crippen LogP contribution >= 0.6 is 12.4 Å². The number of hydrogen-bond acceptors (Lipinski definition) is 2. The Morgan fingerprint density at radius 2 is 1.78 bits per heavy atom. The van der Waals surface area contributed by atoms with Gasteiger partial charge in [0.15, 0.2) is 0 Å². The average Bonchev–Trinajstić information content (AvgIpc) is 2.36. The van der Waals surface area contributed by atoms with Crippen LogP contribution in [0.15, 0.2) is 0 Å². The number of carbonyl (C=O) groups excluding carboxylic acids is 1. The Bertz CT molecular complexity index is 246. The lowest BCUT2D eigenvalue weighted by molar-refractivity contribution is -0.128. The maximum atomic E-state index is 12.3. The highest BCUT2D eigenvalue weighted by atomic mass is 35.5. The largest absolute Gasteiger partial charge is 0.350 e. The molecule has 18 heavy (non-hydrogen) atoms. The van der Waals surface area contributed by atoms with E-state index in [0.29, 0.717) is 0 Å². The molecule has 4 heteroatoms. The van der Waals surface area contributed by atoms with Crippen LogP contribution in [-0.4, -0.2) is 17.5 Å². The van der Waals surface area contributed by atoms with Crippen molar-refractivity contribution in [3.63, 3.8) is 0 Å². The summed E-state index contributed by atoms with van der Waals surface area (Å²) in [4.78, 5) is 12.3. The maximum absolute atomic E-state index is 12.3. The summed E-state index contributed by atoms with van der Waals surface area (Å²) in [5.41, 5.74) is 5.94. The number of rotatable bonds is 5. The van der Waals surface area contributed by atoms with Crippen LogP contribution in [0.2, 0.25) is 0 Å². The first kappa shape index (κ1) is 17.7. The van der Waals surface area contributed by atoms with Crippen molar-refractivity contribution >= 4 is 18.3 Å². The number of carbonyl (C=O) groups is 1. The van der Waals surface area contributed by atoms with Crippen molar-refractivity contribution in [3.05, 3.63) is 0 Å². The highest BCUT2D eigenvalue weighted by Gasteiger charge is 2.31. The predicted octanol–water partition coefficient (Wildman–Crippen LogP) is 3.01. The predicted molar refractivity (Wildman–Crippen MR) is 78.9 cm³/mol. The molecule has 1 rings (SSSR count). The molecule has 1 saturated carbocycles. The fourth-order valence-electron chi connectivity index (χ4n) is 2.84. The molecule has 3 nitrogen and oxygen atoms in total. The van der Waals surface area contributed by atoms with Gasteiger partial charge in [-0.3, -0.25) is 4.79 Å². The summed E-state index contributed by atoms with van der Waals surface area (Å²) >= 11 is 0. The van der Waals surface area contributed by atoms with Crippen LogP contribution in [0.25, 0.3) is 0 Å². The summed E-state index contributed by atoms with van der Waals surface area (Å²) in [6, 6.07) is 0.221. The van der Waals surface area contributed by atoms with Crippen molar-refractivity contribution in [2.45, 2.75) is 77.3 Å². The van der Waals surface area contributed by atoms with Gasteiger partial charge in [-0.1, -0.05) is 27.2 Å². The van der Waals surface area contributed by atoms with E-state index < -0.39 is 0 Å². The fourth-order valence-corrected chi connectivity index (χ4v) is 2.84. The zero-order chi connectivity index (χ0) is 12.9. The normalized spacial score (nSPS) is 24.2. The second-order valence-corrected chi connectivity index (χ2v) is 5.45. The fraction of sp³-hybridized carbons (Fsp3) is 0.929. The number of hydrogen-bond donors (Lipinski definition) is 2. The Morgan fingerprint density at radius 3 is 2.22 bits per heavy atom. The molecule has 1 amide bonds. The van der Waals surface area contributed by atoms with Crippen LogP contribution in [0.5, 0.6) is 0 Å². The zero-order valence-electron chi connectivity index (χ0n) is 12.0. The SMILES string of the molecule is CCC(CC)(CC)NC(=O)C1CCCC(N)C1.Cl. The molecule has 0 aliphatic heterocycles. The van der Waals surface area contributed by atoms with E-state index >= 15 is 0 Å². The third kappa shape index (κ3) is 4.43. The van der Waals surface area contributed by atoms with E-state index in [0.717, 1.165) is 44.9 Å². The summed E-state index contributed by atoms with van der Waals surface area (Å²) < 4.78 is 0. The highest BCUT2D eigenvalue weighted by Crippen LogP contribution is 2.26. The van der Waals surface area contributed by atoms with Crippen molar-refractivity contribution in [3.8, 4) is 0 Å². The molecule has 2 unspecified atom stereocenters. The van der Waals surface area contributed by atoms with Gasteiger partial charge in [0.25, 0.3) is 0 Å². The van der Waals surface area contributed by atoms with Crippen LogP contribution in [0.4, 0.5) is 0 Å². The molecule has 1 fully saturated rings. The number of nitrogens with one attached hydrogen (secondary N) is 1. The second kappa shape index (κ2) is 8.00. The molecule has 2 atom stereocenters. The van der Waals surface area contributed by atoms with Gasteiger partial charge in [0.05, 0.1) is 0 Å². The maximum Gasteiger partial charge on any atom is 0.223 e. The summed E-state index contributed by atoms with van der Waals surface area (Å²) in [5.74, 6) is 0.369. The van der Waals surface area contributed by atoms with Crippen molar-refractivity contribution < 1.29 is 4.79 Å². The highest BCUT2D eigenvalue weighted by molar-refractivity contribution is 5.85. The molecule has 0 bridgehead atoms. The topological polar surface area (TPSA) is 55.1 Å². The Hall–Kier alpha value is -0.280. The monoisotopic (exact) mass is 276 g/mol. The molecular weight excluding hydrogens is 248 g/mol. The molecule has 0 radical (unpaired) electrons. The molecule has 1 aliphatic carbocycles. The standard InChI is InChI=1S/C14H28N2O.ClH/c1-4-14(5-2,6-3)16-13(17)11-8-7-9-12(15)10-11;/h11-12H,4-10,15H2,1-3H3,(H,16,17);1H. The van der Waals surface area contributed by atoms with E-state index in [4.69, 9.17) is 5.73 Å². The van der Waals surface area contributed by atoms with Crippen LogP contribution in [0, 0.1) is 5.92 Å². The van der Waals surface area contributed by atoms with E-state index in [1.807, 2.05) is 0 Å². The second-order valence-electron chi connectivity index (χ2n) is 5.45. The van der Waals surface area contributed by atoms with Crippen molar-refractivity contribution in [2.24, 2.45) is 11.7 Å². The van der Waals surface area contributed by atoms with Crippen LogP contribution < -0.4 is 11.1 Å². The number of halogens is 1. The lowest BCUT2D eigenvalue weighted by Gasteiger charge is -2.35. The Labute approximate surface area is 118 Å². The molecule has 0 aromatic carbocycles. The van der Waals surface area contributed by atoms with Crippen LogP contribution in [0.3, 0.4) is 0 Å². The molecule has 0 saturated heterocycles. The molecule has 108 valence electrons. The molecule has 0 aromatic heterocycles. The summed E-state index contributed by atoms with van der Waals surface area (Å²) in [5, 5.41) is 3.28. The third-order valence-electron chi connectivity index (χ3n) is 4.50. The summed E-state index contributed by atoms with van der Waals surface area (Å²) in [6.07, 6.45) is 7.05. The van der Waals surface area contributed by atoms with Gasteiger partial charge in [-0.05, 0) is 38.5 Å². The minimum Gasteiger partial charge on any atom is -0.350 e. The van der Waals surface area contributed by atoms with E-state index in [2.05, 4.69) is 26.1 Å². The van der Waals surface area contributed by atoms with Crippen molar-refractivity contribution in [2.75, 3.05) is 0 Å². The molecule has 0 heterocycles. The van der Waals surface area contributed by atoms with E-state index in [1.54, 1.807) is 0 Å². The van der Waals surface area contributed by atoms with Gasteiger partial charge in [-0.2, -0.15) is 0 Å². The van der Waals surface area contributed by atoms with E-state index in [-0.39, 0.29) is 35.8 Å². The van der Waals surface area contributed by atoms with Gasteiger partial charge in [0.2, 0.25) is 5.91 Å². The van der Waals surface area contributed by atoms with Crippen LogP contribution in [0.1, 0.15) is 65.7 Å². The smallest absolute Gasteiger partial charge is 0.223 e. The molecule has 0 spiro atoms. The third-order valence-corrected chi connectivity index (χ3v) is 4.50. The van der Waals surface area contributed by atoms with Crippen LogP contribution in [-0.2, 0) is 4.79 Å². The first-order valence-corrected chi connectivity index (χ1v) is 7.14. The lowest BCUT2D eigenvalue weighted by Crippen LogP contribution is -2.50. The average molecular weight is 277 g/mol. The minimum atomic E-state index is -0.00136. The first-order chi connectivity index (χ1) is 8.06. The van der Waals surface area contributed by atoms with Gasteiger partial charge in [0.1, 0.15) is 0 Å². The summed E-state index contributed by atoms with van der Waals surface area (Å²) in [7, 11) is 0. The van der Waals surface area contributed by atoms with Gasteiger partial charge < -0.3 is 11.1 Å². The van der Waals surface area contributed by atoms with Gasteiger partial charge in [-0.15, -0.1) is 12.4 Å². The molecule has 0 aromatic rings. The van der Waals surface area contributed by atoms with E-state index in [9.17, 15) is 4.79 Å².